The van der Waals surface area contributed by atoms with Crippen LogP contribution in [0, 0.1) is 35.1 Å². The van der Waals surface area contributed by atoms with Crippen LogP contribution in [-0.2, 0) is 5.60 Å². The first kappa shape index (κ1) is 26.3. The Kier molecular flexibility index (Phi) is 7.69. The summed E-state index contributed by atoms with van der Waals surface area (Å²) in [5, 5.41) is 18.2. The van der Waals surface area contributed by atoms with Crippen LogP contribution < -0.4 is 11.3 Å². The molecule has 0 aliphatic carbocycles. The minimum absolute atomic E-state index is 0.136. The lowest BCUT2D eigenvalue weighted by Gasteiger charge is -2.39. The van der Waals surface area contributed by atoms with Crippen molar-refractivity contribution in [3.05, 3.63) is 94.3 Å². The molecule has 0 radical (unpaired) electrons. The molecule has 0 saturated heterocycles. The van der Waals surface area contributed by atoms with Crippen LogP contribution in [-0.4, -0.2) is 36.0 Å². The second kappa shape index (κ2) is 10.5. The molecule has 1 heterocycles. The third-order valence-corrected chi connectivity index (χ3v) is 5.07. The topological polar surface area (TPSA) is 98.6 Å². The van der Waals surface area contributed by atoms with Gasteiger partial charge in [-0.15, -0.1) is 5.11 Å². The quantitative estimate of drug-likeness (QED) is 0.105. The number of alkyl halides is 2. The van der Waals surface area contributed by atoms with E-state index in [1.165, 1.54) is 19.2 Å². The number of aliphatic hydroxyl groups is 1. The van der Waals surface area contributed by atoms with Crippen molar-refractivity contribution >= 4 is 6.34 Å². The van der Waals surface area contributed by atoms with Crippen molar-refractivity contribution in [1.29, 1.82) is 0 Å². The minimum Gasteiger partial charge on any atom is -0.377 e. The number of halogens is 6. The van der Waals surface area contributed by atoms with Gasteiger partial charge in [-0.05, 0) is 48.4 Å². The van der Waals surface area contributed by atoms with Crippen LogP contribution in [0.2, 0.25) is 0 Å². The van der Waals surface area contributed by atoms with Crippen LogP contribution in [0.1, 0.15) is 11.1 Å². The number of aliphatic imine (C=N–C) groups is 1. The Morgan fingerprint density at radius 3 is 2.42 bits per heavy atom. The van der Waals surface area contributed by atoms with E-state index in [4.69, 9.17) is 5.84 Å². The molecule has 3 rings (SSSR count). The molecule has 0 spiro atoms. The van der Waals surface area contributed by atoms with Gasteiger partial charge < -0.3 is 10.9 Å². The number of rotatable bonds is 6. The average molecular weight is 508 g/mol. The van der Waals surface area contributed by atoms with Gasteiger partial charge >= 0.3 is 5.92 Å². The smallest absolute Gasteiger partial charge is 0.323 e. The van der Waals surface area contributed by atoms with Crippen LogP contribution in [0.25, 0.3) is 0 Å². The molecule has 0 saturated carbocycles. The Bertz CT molecular complexity index is 1330. The normalized spacial score (nSPS) is 15.7. The lowest BCUT2D eigenvalue weighted by molar-refractivity contribution is -0.164. The van der Waals surface area contributed by atoms with Gasteiger partial charge in [-0.1, -0.05) is 11.1 Å². The van der Waals surface area contributed by atoms with Crippen LogP contribution >= 0.6 is 0 Å². The summed E-state index contributed by atoms with van der Waals surface area (Å²) in [4.78, 5) is 3.52. The molecule has 2 aromatic carbocycles. The molecule has 2 aromatic rings. The lowest BCUT2D eigenvalue weighted by atomic mass is 9.84. The standard InChI is InChI=1S/C23H18F6N6O/c1-35-16(5-2-14-3-8-18(25)20(27)10-14)6-9-21(33-35)23(28,29)22(36,12-31-13-32-34-30)17-7-4-15(24)11-19(17)26/h3-4,6-11,13,33,36H,12H2,1H3,(H2,30,31,32). The van der Waals surface area contributed by atoms with E-state index in [2.05, 4.69) is 32.6 Å². The third kappa shape index (κ3) is 5.33. The first-order valence-corrected chi connectivity index (χ1v) is 10.0. The maximum absolute atomic E-state index is 15.7. The van der Waals surface area contributed by atoms with Gasteiger partial charge in [-0.25, -0.2) is 17.6 Å². The van der Waals surface area contributed by atoms with E-state index in [0.717, 1.165) is 23.2 Å². The van der Waals surface area contributed by atoms with E-state index in [1.807, 2.05) is 0 Å². The predicted octanol–water partition coefficient (Wildman–Crippen LogP) is 3.69. The first-order valence-electron chi connectivity index (χ1n) is 10.0. The molecule has 1 unspecified atom stereocenters. The zero-order valence-corrected chi connectivity index (χ0v) is 18.5. The second-order valence-corrected chi connectivity index (χ2v) is 7.43. The van der Waals surface area contributed by atoms with Gasteiger partial charge in [0.25, 0.3) is 0 Å². The van der Waals surface area contributed by atoms with E-state index in [0.29, 0.717) is 24.5 Å². The highest BCUT2D eigenvalue weighted by molar-refractivity contribution is 5.54. The average Bonchev–Trinajstić information content (AvgIpc) is 2.82. The number of benzene rings is 2. The highest BCUT2D eigenvalue weighted by Gasteiger charge is 2.58. The maximum atomic E-state index is 15.7. The van der Waals surface area contributed by atoms with Crippen LogP contribution in [0.3, 0.4) is 0 Å². The van der Waals surface area contributed by atoms with Gasteiger partial charge in [-0.2, -0.15) is 8.78 Å². The van der Waals surface area contributed by atoms with E-state index < -0.39 is 52.6 Å². The number of hydrogen-bond donors (Lipinski definition) is 3. The Balaban J connectivity index is 2.00. The number of nitrogens with zero attached hydrogens (tertiary/aromatic N) is 4. The summed E-state index contributed by atoms with van der Waals surface area (Å²) in [6.45, 7) is -1.10. The maximum Gasteiger partial charge on any atom is 0.323 e. The van der Waals surface area contributed by atoms with E-state index in [1.54, 1.807) is 0 Å². The molecule has 1 atom stereocenters. The molecule has 13 heteroatoms. The van der Waals surface area contributed by atoms with Gasteiger partial charge in [-0.3, -0.25) is 15.4 Å². The predicted molar refractivity (Wildman–Crippen MR) is 118 cm³/mol. The first-order chi connectivity index (χ1) is 17.0. The molecule has 0 fully saturated rings. The lowest BCUT2D eigenvalue weighted by Crippen LogP contribution is -2.54. The number of nitrogens with two attached hydrogens (primary N) is 1. The highest BCUT2D eigenvalue weighted by Crippen LogP contribution is 2.44. The van der Waals surface area contributed by atoms with Crippen LogP contribution in [0.15, 0.2) is 75.3 Å². The molecule has 0 aromatic heterocycles. The molecule has 1 aliphatic rings. The van der Waals surface area contributed by atoms with Gasteiger partial charge in [0, 0.05) is 24.2 Å². The minimum atomic E-state index is -4.22. The fourth-order valence-corrected chi connectivity index (χ4v) is 3.20. The zero-order valence-electron chi connectivity index (χ0n) is 18.5. The SMILES string of the molecule is CN1NC(C(F)(F)C(O)(CN=CN=NN)c2ccc(F)cc2F)=CC=C1C#Cc1ccc(F)c(F)c1. The van der Waals surface area contributed by atoms with Gasteiger partial charge in [0.15, 0.2) is 17.2 Å². The summed E-state index contributed by atoms with van der Waals surface area (Å²) >= 11 is 0. The number of allylic oxidation sites excluding steroid dienone is 3. The van der Waals surface area contributed by atoms with Crippen molar-refractivity contribution in [2.75, 3.05) is 13.6 Å². The Labute approximate surface area is 201 Å². The molecule has 7 nitrogen and oxygen atoms in total. The Morgan fingerprint density at radius 2 is 1.78 bits per heavy atom. The zero-order chi connectivity index (χ0) is 26.5. The molecular formula is C23H18F6N6O. The van der Waals surface area contributed by atoms with Crippen molar-refractivity contribution in [2.45, 2.75) is 11.5 Å². The molecule has 0 bridgehead atoms. The molecule has 188 valence electrons. The number of hydrogen-bond acceptors (Lipinski definition) is 5. The fourth-order valence-electron chi connectivity index (χ4n) is 3.20. The van der Waals surface area contributed by atoms with E-state index in [9.17, 15) is 22.7 Å². The van der Waals surface area contributed by atoms with Crippen molar-refractivity contribution < 1.29 is 31.4 Å². The molecule has 4 N–H and O–H groups in total. The summed E-state index contributed by atoms with van der Waals surface area (Å²) in [5.41, 5.74) is -2.46. The van der Waals surface area contributed by atoms with Gasteiger partial charge in [0.05, 0.1) is 6.54 Å². The Morgan fingerprint density at radius 1 is 1.03 bits per heavy atom. The Hall–Kier alpha value is -4.31. The molecular weight excluding hydrogens is 490 g/mol. The third-order valence-electron chi connectivity index (χ3n) is 5.07. The summed E-state index contributed by atoms with van der Waals surface area (Å²) < 4.78 is 85.7. The highest BCUT2D eigenvalue weighted by atomic mass is 19.3. The second-order valence-electron chi connectivity index (χ2n) is 7.43. The van der Waals surface area contributed by atoms with Crippen molar-refractivity contribution in [3.63, 3.8) is 0 Å². The molecule has 36 heavy (non-hydrogen) atoms. The summed E-state index contributed by atoms with van der Waals surface area (Å²) in [6, 6.07) is 4.74. The van der Waals surface area contributed by atoms with Crippen molar-refractivity contribution in [3.8, 4) is 11.8 Å². The largest absolute Gasteiger partial charge is 0.377 e. The number of nitrogens with one attached hydrogen (secondary N) is 1. The van der Waals surface area contributed by atoms with E-state index >= 15 is 8.78 Å². The monoisotopic (exact) mass is 508 g/mol. The number of hydrazine groups is 1. The summed E-state index contributed by atoms with van der Waals surface area (Å²) in [5.74, 6) is 1.17. The molecule has 1 aliphatic heterocycles. The van der Waals surface area contributed by atoms with Crippen molar-refractivity contribution in [1.82, 2.24) is 10.4 Å². The van der Waals surface area contributed by atoms with E-state index in [-0.39, 0.29) is 11.3 Å². The van der Waals surface area contributed by atoms with Crippen LogP contribution in [0.5, 0.6) is 0 Å². The van der Waals surface area contributed by atoms with Crippen molar-refractivity contribution in [2.24, 2.45) is 21.2 Å². The van der Waals surface area contributed by atoms with Crippen LogP contribution in [0.4, 0.5) is 26.3 Å². The summed E-state index contributed by atoms with van der Waals surface area (Å²) in [6.07, 6.45) is 2.74. The molecule has 0 amide bonds. The fraction of sp³-hybridized carbons (Fsp3) is 0.174. The van der Waals surface area contributed by atoms with Gasteiger partial charge in [0.1, 0.15) is 29.4 Å². The van der Waals surface area contributed by atoms with Gasteiger partial charge in [0.2, 0.25) is 0 Å². The summed E-state index contributed by atoms with van der Waals surface area (Å²) in [7, 11) is 1.33.